The van der Waals surface area contributed by atoms with Crippen LogP contribution in [0.25, 0.3) is 5.57 Å². The van der Waals surface area contributed by atoms with Crippen LogP contribution in [0.15, 0.2) is 133 Å². The molecule has 2 N–H and O–H groups in total. The van der Waals surface area contributed by atoms with Crippen molar-refractivity contribution in [1.82, 2.24) is 0 Å². The van der Waals surface area contributed by atoms with Crippen LogP contribution in [0.5, 0.6) is 0 Å². The van der Waals surface area contributed by atoms with E-state index >= 15 is 0 Å². The Hall–Kier alpha value is -4.82. The van der Waals surface area contributed by atoms with Gasteiger partial charge in [0.15, 0.2) is 0 Å². The minimum atomic E-state index is -0.236. The average Bonchev–Trinajstić information content (AvgIpc) is 3.39. The maximum absolute atomic E-state index is 3.95. The number of fused-ring (bicyclic) bond motifs is 9. The van der Waals surface area contributed by atoms with Gasteiger partial charge in [-0.05, 0) is 94.0 Å². The Kier molecular flexibility index (Phi) is 6.75. The number of benzene rings is 5. The van der Waals surface area contributed by atoms with E-state index in [1.807, 2.05) is 13.8 Å². The Morgan fingerprint density at radius 2 is 1.29 bits per heavy atom. The molecular weight excluding hydrogens is 544 g/mol. The van der Waals surface area contributed by atoms with Gasteiger partial charge in [0, 0.05) is 0 Å². The number of nitrogens with one attached hydrogen (secondary N) is 2. The highest BCUT2D eigenvalue weighted by atomic mass is 15.1. The van der Waals surface area contributed by atoms with Gasteiger partial charge < -0.3 is 10.6 Å². The van der Waals surface area contributed by atoms with E-state index < -0.39 is 0 Å². The Labute approximate surface area is 267 Å². The monoisotopic (exact) mass is 584 g/mol. The highest BCUT2D eigenvalue weighted by Gasteiger charge is 2.50. The molecule has 222 valence electrons. The number of allylic oxidation sites excluding steroid dienone is 4. The second-order valence-electron chi connectivity index (χ2n) is 12.6. The van der Waals surface area contributed by atoms with Crippen molar-refractivity contribution in [2.24, 2.45) is 0 Å². The van der Waals surface area contributed by atoms with Gasteiger partial charge in [-0.1, -0.05) is 135 Å². The lowest BCUT2D eigenvalue weighted by Crippen LogP contribution is -2.36. The third-order valence-corrected chi connectivity index (χ3v) is 10.2. The van der Waals surface area contributed by atoms with Crippen LogP contribution in [0.3, 0.4) is 0 Å². The topological polar surface area (TPSA) is 24.1 Å². The highest BCUT2D eigenvalue weighted by molar-refractivity contribution is 5.91. The number of anilines is 2. The van der Waals surface area contributed by atoms with Crippen LogP contribution in [-0.4, -0.2) is 0 Å². The summed E-state index contributed by atoms with van der Waals surface area (Å²) >= 11 is 0. The summed E-state index contributed by atoms with van der Waals surface area (Å²) < 4.78 is 0. The van der Waals surface area contributed by atoms with E-state index in [0.29, 0.717) is 0 Å². The Morgan fingerprint density at radius 3 is 2.07 bits per heavy atom. The second kappa shape index (κ2) is 11.0. The molecule has 3 aliphatic carbocycles. The molecule has 0 fully saturated rings. The molecule has 9 rings (SSSR count). The van der Waals surface area contributed by atoms with Crippen LogP contribution < -0.4 is 10.6 Å². The molecule has 5 aromatic rings. The molecule has 1 heterocycles. The molecule has 3 unspecified atom stereocenters. The Morgan fingerprint density at radius 1 is 0.622 bits per heavy atom. The van der Waals surface area contributed by atoms with Crippen molar-refractivity contribution in [2.45, 2.75) is 57.5 Å². The van der Waals surface area contributed by atoms with Crippen molar-refractivity contribution < 1.29 is 0 Å². The molecule has 2 heteroatoms. The summed E-state index contributed by atoms with van der Waals surface area (Å²) in [7, 11) is 0. The third kappa shape index (κ3) is 4.15. The first kappa shape index (κ1) is 27.7. The maximum atomic E-state index is 3.95. The molecule has 0 radical (unpaired) electrons. The number of rotatable bonds is 2. The van der Waals surface area contributed by atoms with Gasteiger partial charge in [-0.3, -0.25) is 0 Å². The van der Waals surface area contributed by atoms with E-state index in [0.717, 1.165) is 30.6 Å². The molecule has 4 aliphatic rings. The van der Waals surface area contributed by atoms with Crippen LogP contribution >= 0.6 is 0 Å². The highest BCUT2D eigenvalue weighted by Crippen LogP contribution is 2.60. The van der Waals surface area contributed by atoms with Crippen molar-refractivity contribution >= 4 is 16.9 Å². The van der Waals surface area contributed by atoms with E-state index in [4.69, 9.17) is 0 Å². The second-order valence-corrected chi connectivity index (χ2v) is 12.6. The largest absolute Gasteiger partial charge is 0.374 e. The third-order valence-electron chi connectivity index (χ3n) is 10.2. The number of aryl methyl sites for hydroxylation is 1. The van der Waals surface area contributed by atoms with Crippen molar-refractivity contribution in [3.05, 3.63) is 183 Å². The van der Waals surface area contributed by atoms with Gasteiger partial charge in [0.2, 0.25) is 0 Å². The average molecular weight is 585 g/mol. The van der Waals surface area contributed by atoms with Gasteiger partial charge in [0.05, 0.1) is 28.9 Å². The summed E-state index contributed by atoms with van der Waals surface area (Å²) in [5.41, 5.74) is 17.6. The van der Waals surface area contributed by atoms with Gasteiger partial charge in [-0.15, -0.1) is 0 Å². The standard InChI is InChI=1S/C41H34N2.C2H6/c1-26-11-10-13-28(23-26)39-40(43-38-20-9-8-19-37(38)42-39)29-21-22-34-30(25-29)24-27-12-2-5-16-33(27)41(34)35-17-6-3-14-31(35)32-15-4-7-18-36(32)41;1-2/h2-6,8-17,19-23,25,39-40,42-43H,7,18,24H2,1H3;1-2H3. The lowest BCUT2D eigenvalue weighted by atomic mass is 9.60. The normalized spacial score (nSPS) is 21.7. The van der Waals surface area contributed by atoms with E-state index in [1.165, 1.54) is 55.6 Å². The summed E-state index contributed by atoms with van der Waals surface area (Å²) in [5, 5.41) is 7.85. The fraction of sp³-hybridized carbons (Fsp3) is 0.209. The van der Waals surface area contributed by atoms with Gasteiger partial charge in [0.1, 0.15) is 0 Å². The first-order valence-corrected chi connectivity index (χ1v) is 16.6. The number of para-hydroxylation sites is 2. The molecule has 1 spiro atoms. The van der Waals surface area contributed by atoms with Crippen LogP contribution in [-0.2, 0) is 11.8 Å². The van der Waals surface area contributed by atoms with Crippen LogP contribution in [0.2, 0.25) is 0 Å². The summed E-state index contributed by atoms with van der Waals surface area (Å²) in [4.78, 5) is 0. The van der Waals surface area contributed by atoms with E-state index in [-0.39, 0.29) is 17.5 Å². The fourth-order valence-corrected chi connectivity index (χ4v) is 8.49. The smallest absolute Gasteiger partial charge is 0.0758 e. The molecule has 2 nitrogen and oxygen atoms in total. The van der Waals surface area contributed by atoms with Crippen LogP contribution in [0, 0.1) is 6.92 Å². The lowest BCUT2D eigenvalue weighted by Gasteiger charge is -2.43. The van der Waals surface area contributed by atoms with E-state index in [2.05, 4.69) is 145 Å². The molecule has 0 amide bonds. The Bertz CT molecular complexity index is 2000. The maximum Gasteiger partial charge on any atom is 0.0758 e. The summed E-state index contributed by atoms with van der Waals surface area (Å²) in [6.45, 7) is 6.18. The molecule has 1 aliphatic heterocycles. The molecular formula is C43H40N2. The van der Waals surface area contributed by atoms with Gasteiger partial charge in [-0.25, -0.2) is 0 Å². The lowest BCUT2D eigenvalue weighted by molar-refractivity contribution is 0.629. The molecule has 45 heavy (non-hydrogen) atoms. The summed E-state index contributed by atoms with van der Waals surface area (Å²) in [6.07, 6.45) is 7.89. The minimum absolute atomic E-state index is 0.0957. The van der Waals surface area contributed by atoms with Crippen LogP contribution in [0.1, 0.15) is 88.8 Å². The van der Waals surface area contributed by atoms with Gasteiger partial charge >= 0.3 is 0 Å². The molecule has 0 saturated heterocycles. The first-order valence-electron chi connectivity index (χ1n) is 16.6. The summed E-state index contributed by atoms with van der Waals surface area (Å²) in [6, 6.07) is 43.5. The van der Waals surface area contributed by atoms with Crippen LogP contribution in [0.4, 0.5) is 11.4 Å². The predicted octanol–water partition coefficient (Wildman–Crippen LogP) is 10.7. The van der Waals surface area contributed by atoms with E-state index in [9.17, 15) is 0 Å². The number of hydrogen-bond acceptors (Lipinski definition) is 2. The zero-order valence-electron chi connectivity index (χ0n) is 26.4. The van der Waals surface area contributed by atoms with Crippen molar-refractivity contribution in [2.75, 3.05) is 10.6 Å². The number of hydrogen-bond donors (Lipinski definition) is 2. The van der Waals surface area contributed by atoms with Crippen molar-refractivity contribution in [1.29, 1.82) is 0 Å². The molecule has 3 atom stereocenters. The molecule has 5 aromatic carbocycles. The molecule has 0 bridgehead atoms. The Balaban J connectivity index is 0.00000147. The first-order chi connectivity index (χ1) is 22.2. The molecule has 0 saturated carbocycles. The van der Waals surface area contributed by atoms with Crippen molar-refractivity contribution in [3.8, 4) is 0 Å². The minimum Gasteiger partial charge on any atom is -0.374 e. The van der Waals surface area contributed by atoms with Gasteiger partial charge in [0.25, 0.3) is 0 Å². The SMILES string of the molecule is CC.Cc1cccc(C2Nc3ccccc3NC2c2ccc3c(c2)Cc2ccccc2C32C3=C(C=CCC3)c3ccccc32)c1. The fourth-order valence-electron chi connectivity index (χ4n) is 8.49. The quantitative estimate of drug-likeness (QED) is 0.216. The van der Waals surface area contributed by atoms with Gasteiger partial charge in [-0.2, -0.15) is 0 Å². The molecule has 0 aromatic heterocycles. The zero-order valence-corrected chi connectivity index (χ0v) is 26.4. The van der Waals surface area contributed by atoms with E-state index in [1.54, 1.807) is 5.57 Å². The van der Waals surface area contributed by atoms with Crippen molar-refractivity contribution in [3.63, 3.8) is 0 Å². The summed E-state index contributed by atoms with van der Waals surface area (Å²) in [5.74, 6) is 0. The zero-order chi connectivity index (χ0) is 30.5. The predicted molar refractivity (Wildman–Crippen MR) is 189 cm³/mol.